The predicted octanol–water partition coefficient (Wildman–Crippen LogP) is 1.71. The molecule has 1 rings (SSSR count). The van der Waals surface area contributed by atoms with Crippen LogP contribution in [0, 0.1) is 0 Å². The molecule has 0 saturated heterocycles. The lowest BCUT2D eigenvalue weighted by Gasteiger charge is -2.20. The Morgan fingerprint density at radius 1 is 1.14 bits per heavy atom. The van der Waals surface area contributed by atoms with Gasteiger partial charge < -0.3 is 5.32 Å². The van der Waals surface area contributed by atoms with E-state index < -0.39 is 10.2 Å². The van der Waals surface area contributed by atoms with Crippen LogP contribution in [0.15, 0.2) is 24.3 Å². The van der Waals surface area contributed by atoms with E-state index in [1.807, 2.05) is 24.3 Å². The number of likely N-dealkylation sites (N-methyl/N-ethyl adjacent to an activating group) is 1. The van der Waals surface area contributed by atoms with Gasteiger partial charge in [0.25, 0.3) is 10.2 Å². The van der Waals surface area contributed by atoms with Crippen molar-refractivity contribution in [1.82, 2.24) is 8.61 Å². The minimum absolute atomic E-state index is 0.224. The zero-order valence-corrected chi connectivity index (χ0v) is 14.5. The van der Waals surface area contributed by atoms with Crippen molar-refractivity contribution < 1.29 is 13.2 Å². The molecule has 0 atom stereocenters. The van der Waals surface area contributed by atoms with Gasteiger partial charge in [-0.2, -0.15) is 17.0 Å². The van der Waals surface area contributed by atoms with E-state index in [0.717, 1.165) is 27.9 Å². The predicted molar refractivity (Wildman–Crippen MR) is 88.9 cm³/mol. The van der Waals surface area contributed by atoms with Gasteiger partial charge in [0, 0.05) is 26.8 Å². The number of unbranched alkanes of at least 4 members (excludes halogenated alkanes) is 1. The molecule has 0 spiro atoms. The van der Waals surface area contributed by atoms with Gasteiger partial charge in [-0.05, 0) is 30.5 Å². The van der Waals surface area contributed by atoms with Crippen molar-refractivity contribution in [3.63, 3.8) is 0 Å². The third-order valence-corrected chi connectivity index (χ3v) is 5.12. The van der Waals surface area contributed by atoms with Gasteiger partial charge in [0.05, 0.1) is 6.54 Å². The quantitative estimate of drug-likeness (QED) is 0.790. The monoisotopic (exact) mass is 327 g/mol. The smallest absolute Gasteiger partial charge is 0.281 e. The first kappa shape index (κ1) is 18.6. The summed E-state index contributed by atoms with van der Waals surface area (Å²) in [6, 6.07) is 7.63. The van der Waals surface area contributed by atoms with Crippen LogP contribution in [0.2, 0.25) is 0 Å². The van der Waals surface area contributed by atoms with Crippen molar-refractivity contribution >= 4 is 21.8 Å². The first-order chi connectivity index (χ1) is 10.3. The van der Waals surface area contributed by atoms with Crippen LogP contribution in [0.4, 0.5) is 5.69 Å². The largest absolute Gasteiger partial charge is 0.325 e. The van der Waals surface area contributed by atoms with Crippen molar-refractivity contribution in [1.29, 1.82) is 0 Å². The molecule has 124 valence electrons. The van der Waals surface area contributed by atoms with Crippen molar-refractivity contribution in [3.8, 4) is 0 Å². The molecule has 0 aliphatic heterocycles. The van der Waals surface area contributed by atoms with Crippen LogP contribution in [-0.4, -0.2) is 50.6 Å². The van der Waals surface area contributed by atoms with Crippen LogP contribution in [0.25, 0.3) is 0 Å². The molecule has 0 fully saturated rings. The summed E-state index contributed by atoms with van der Waals surface area (Å²) in [4.78, 5) is 11.9. The van der Waals surface area contributed by atoms with E-state index >= 15 is 0 Å². The third-order valence-electron chi connectivity index (χ3n) is 3.28. The van der Waals surface area contributed by atoms with Crippen molar-refractivity contribution in [2.45, 2.75) is 26.2 Å². The van der Waals surface area contributed by atoms with E-state index in [0.29, 0.717) is 5.69 Å². The molecule has 0 aliphatic rings. The van der Waals surface area contributed by atoms with Crippen LogP contribution in [-0.2, 0) is 21.4 Å². The van der Waals surface area contributed by atoms with Crippen molar-refractivity contribution in [2.75, 3.05) is 33.0 Å². The second kappa shape index (κ2) is 8.26. The Labute approximate surface area is 133 Å². The number of hydrogen-bond donors (Lipinski definition) is 1. The highest BCUT2D eigenvalue weighted by molar-refractivity contribution is 7.86. The molecule has 1 amide bonds. The van der Waals surface area contributed by atoms with Crippen LogP contribution < -0.4 is 5.32 Å². The van der Waals surface area contributed by atoms with Crippen LogP contribution in [0.1, 0.15) is 25.3 Å². The fraction of sp³-hybridized carbons (Fsp3) is 0.533. The van der Waals surface area contributed by atoms with Crippen molar-refractivity contribution in [2.24, 2.45) is 0 Å². The number of benzene rings is 1. The highest BCUT2D eigenvalue weighted by Gasteiger charge is 2.22. The first-order valence-electron chi connectivity index (χ1n) is 7.30. The molecule has 6 nitrogen and oxygen atoms in total. The molecule has 0 radical (unpaired) electrons. The lowest BCUT2D eigenvalue weighted by atomic mass is 10.1. The van der Waals surface area contributed by atoms with Gasteiger partial charge in [-0.3, -0.25) is 4.79 Å². The van der Waals surface area contributed by atoms with Crippen LogP contribution >= 0.6 is 0 Å². The summed E-state index contributed by atoms with van der Waals surface area (Å²) in [5, 5.41) is 2.70. The van der Waals surface area contributed by atoms with E-state index in [4.69, 9.17) is 0 Å². The number of nitrogens with zero attached hydrogens (tertiary/aromatic N) is 2. The Morgan fingerprint density at radius 3 is 2.23 bits per heavy atom. The minimum Gasteiger partial charge on any atom is -0.325 e. The molecule has 0 saturated carbocycles. The van der Waals surface area contributed by atoms with E-state index in [1.165, 1.54) is 26.7 Å². The Hall–Kier alpha value is -1.44. The molecule has 0 heterocycles. The summed E-state index contributed by atoms with van der Waals surface area (Å²) in [5.74, 6) is -0.366. The SMILES string of the molecule is CCCCc1ccc(NC(=O)CN(C)S(=O)(=O)N(C)C)cc1. The fourth-order valence-electron chi connectivity index (χ4n) is 1.90. The van der Waals surface area contributed by atoms with Gasteiger partial charge in [-0.1, -0.05) is 25.5 Å². The summed E-state index contributed by atoms with van der Waals surface area (Å²) in [5.41, 5.74) is 1.90. The average Bonchev–Trinajstić information content (AvgIpc) is 2.46. The van der Waals surface area contributed by atoms with E-state index in [1.54, 1.807) is 0 Å². The molecule has 1 aromatic carbocycles. The molecule has 1 N–H and O–H groups in total. The zero-order chi connectivity index (χ0) is 16.8. The minimum atomic E-state index is -3.58. The van der Waals surface area contributed by atoms with Crippen LogP contribution in [0.5, 0.6) is 0 Å². The fourth-order valence-corrected chi connectivity index (χ4v) is 2.74. The van der Waals surface area contributed by atoms with E-state index in [9.17, 15) is 13.2 Å². The lowest BCUT2D eigenvalue weighted by Crippen LogP contribution is -2.41. The molecular formula is C15H25N3O3S. The number of amides is 1. The summed E-state index contributed by atoms with van der Waals surface area (Å²) >= 11 is 0. The van der Waals surface area contributed by atoms with Crippen molar-refractivity contribution in [3.05, 3.63) is 29.8 Å². The lowest BCUT2D eigenvalue weighted by molar-refractivity contribution is -0.116. The number of carbonyl (C=O) groups is 1. The molecule has 0 bridgehead atoms. The zero-order valence-electron chi connectivity index (χ0n) is 13.7. The number of anilines is 1. The maximum atomic E-state index is 11.9. The van der Waals surface area contributed by atoms with Gasteiger partial charge in [0.1, 0.15) is 0 Å². The van der Waals surface area contributed by atoms with Gasteiger partial charge in [-0.15, -0.1) is 0 Å². The molecule has 22 heavy (non-hydrogen) atoms. The molecule has 0 aliphatic carbocycles. The van der Waals surface area contributed by atoms with E-state index in [2.05, 4.69) is 12.2 Å². The Morgan fingerprint density at radius 2 is 1.73 bits per heavy atom. The normalized spacial score (nSPS) is 11.9. The summed E-state index contributed by atoms with van der Waals surface area (Å²) in [6.07, 6.45) is 3.30. The van der Waals surface area contributed by atoms with Crippen LogP contribution in [0.3, 0.4) is 0 Å². The number of rotatable bonds is 8. The topological polar surface area (TPSA) is 69.7 Å². The van der Waals surface area contributed by atoms with Gasteiger partial charge in [-0.25, -0.2) is 0 Å². The first-order valence-corrected chi connectivity index (χ1v) is 8.69. The van der Waals surface area contributed by atoms with Gasteiger partial charge >= 0.3 is 0 Å². The molecule has 7 heteroatoms. The highest BCUT2D eigenvalue weighted by Crippen LogP contribution is 2.12. The summed E-state index contributed by atoms with van der Waals surface area (Å²) in [7, 11) is 0.661. The van der Waals surface area contributed by atoms with Gasteiger partial charge in [0.15, 0.2) is 0 Å². The second-order valence-electron chi connectivity index (χ2n) is 5.39. The molecule has 1 aromatic rings. The maximum Gasteiger partial charge on any atom is 0.281 e. The molecular weight excluding hydrogens is 302 g/mol. The van der Waals surface area contributed by atoms with E-state index in [-0.39, 0.29) is 12.5 Å². The number of nitrogens with one attached hydrogen (secondary N) is 1. The highest BCUT2D eigenvalue weighted by atomic mass is 32.2. The number of carbonyl (C=O) groups excluding carboxylic acids is 1. The number of hydrogen-bond acceptors (Lipinski definition) is 3. The average molecular weight is 327 g/mol. The van der Waals surface area contributed by atoms with Gasteiger partial charge in [0.2, 0.25) is 5.91 Å². The third kappa shape index (κ3) is 5.40. The summed E-state index contributed by atoms with van der Waals surface area (Å²) in [6.45, 7) is 1.92. The Kier molecular flexibility index (Phi) is 6.99. The Bertz CT molecular complexity index is 583. The molecule has 0 aromatic heterocycles. The molecule has 0 unspecified atom stereocenters. The standard InChI is InChI=1S/C15H25N3O3S/c1-5-6-7-13-8-10-14(11-9-13)16-15(19)12-18(4)22(20,21)17(2)3/h8-11H,5-7,12H2,1-4H3,(H,16,19). The maximum absolute atomic E-state index is 11.9. The number of aryl methyl sites for hydroxylation is 1. The summed E-state index contributed by atoms with van der Waals surface area (Å²) < 4.78 is 25.8. The Balaban J connectivity index is 2.58. The second-order valence-corrected chi connectivity index (χ2v) is 7.64.